The quantitative estimate of drug-likeness (QED) is 0.896. The lowest BCUT2D eigenvalue weighted by Gasteiger charge is -2.38. The molecule has 1 N–H and O–H groups in total. The van der Waals surface area contributed by atoms with Gasteiger partial charge in [-0.25, -0.2) is 4.98 Å². The molecular weight excluding hydrogens is 252 g/mol. The van der Waals surface area contributed by atoms with E-state index in [1.54, 1.807) is 0 Å². The van der Waals surface area contributed by atoms with Crippen molar-refractivity contribution < 1.29 is 5.11 Å². The van der Waals surface area contributed by atoms with Crippen LogP contribution in [0.15, 0.2) is 12.1 Å². The third-order valence-corrected chi connectivity index (χ3v) is 3.42. The highest BCUT2D eigenvalue weighted by molar-refractivity contribution is 5.54. The van der Waals surface area contributed by atoms with Crippen molar-refractivity contribution in [1.82, 2.24) is 9.88 Å². The number of aliphatic hydroxyl groups is 1. The summed E-state index contributed by atoms with van der Waals surface area (Å²) in [7, 11) is 0. The summed E-state index contributed by atoms with van der Waals surface area (Å²) in [5, 5.41) is 19.0. The summed E-state index contributed by atoms with van der Waals surface area (Å²) < 4.78 is 0. The highest BCUT2D eigenvalue weighted by Gasteiger charge is 2.24. The van der Waals surface area contributed by atoms with Gasteiger partial charge in [0.2, 0.25) is 0 Å². The van der Waals surface area contributed by atoms with Crippen LogP contribution >= 0.6 is 0 Å². The number of aromatic nitrogens is 1. The van der Waals surface area contributed by atoms with Crippen LogP contribution in [-0.4, -0.2) is 53.3 Å². The number of piperazine rings is 1. The summed E-state index contributed by atoms with van der Waals surface area (Å²) in [5.41, 5.74) is 0.895. The van der Waals surface area contributed by atoms with Crippen LogP contribution in [0.4, 0.5) is 5.82 Å². The first-order valence-corrected chi connectivity index (χ1v) is 6.96. The monoisotopic (exact) mass is 274 g/mol. The molecule has 0 bridgehead atoms. The Morgan fingerprint density at radius 2 is 1.95 bits per heavy atom. The summed E-state index contributed by atoms with van der Waals surface area (Å²) in [6.45, 7) is 9.70. The maximum Gasteiger partial charge on any atom is 0.146 e. The van der Waals surface area contributed by atoms with Gasteiger partial charge in [0.15, 0.2) is 0 Å². The van der Waals surface area contributed by atoms with E-state index in [1.165, 1.54) is 0 Å². The van der Waals surface area contributed by atoms with Crippen LogP contribution < -0.4 is 4.90 Å². The molecule has 20 heavy (non-hydrogen) atoms. The van der Waals surface area contributed by atoms with Gasteiger partial charge < -0.3 is 10.0 Å². The maximum absolute atomic E-state index is 9.86. The van der Waals surface area contributed by atoms with E-state index in [1.807, 2.05) is 32.9 Å². The molecule has 5 nitrogen and oxygen atoms in total. The minimum atomic E-state index is -0.665. The molecule has 0 aliphatic carbocycles. The molecule has 1 saturated heterocycles. The van der Waals surface area contributed by atoms with E-state index in [4.69, 9.17) is 0 Å². The van der Waals surface area contributed by atoms with Crippen molar-refractivity contribution in [1.29, 1.82) is 5.26 Å². The lowest BCUT2D eigenvalue weighted by Crippen LogP contribution is -2.50. The average molecular weight is 274 g/mol. The fraction of sp³-hybridized carbons (Fsp3) is 0.600. The highest BCUT2D eigenvalue weighted by Crippen LogP contribution is 2.20. The fourth-order valence-corrected chi connectivity index (χ4v) is 2.54. The van der Waals surface area contributed by atoms with Crippen molar-refractivity contribution >= 4 is 5.82 Å². The Bertz CT molecular complexity index is 508. The molecule has 0 spiro atoms. The molecule has 0 amide bonds. The van der Waals surface area contributed by atoms with Gasteiger partial charge in [-0.1, -0.05) is 0 Å². The average Bonchev–Trinajstić information content (AvgIpc) is 2.38. The predicted octanol–water partition coefficient (Wildman–Crippen LogP) is 1.15. The van der Waals surface area contributed by atoms with Gasteiger partial charge in [-0.2, -0.15) is 5.26 Å². The van der Waals surface area contributed by atoms with Crippen LogP contribution in [0.1, 0.15) is 25.1 Å². The standard InChI is InChI=1S/C15H22N4O/c1-12-4-5-13(10-16)14(17-12)19-8-6-18(7-9-19)11-15(2,3)20/h4-5,20H,6-9,11H2,1-3H3. The zero-order valence-corrected chi connectivity index (χ0v) is 12.4. The minimum Gasteiger partial charge on any atom is -0.389 e. The van der Waals surface area contributed by atoms with E-state index >= 15 is 0 Å². The third-order valence-electron chi connectivity index (χ3n) is 3.42. The Labute approximate surface area is 120 Å². The van der Waals surface area contributed by atoms with E-state index in [2.05, 4.69) is 20.9 Å². The van der Waals surface area contributed by atoms with Gasteiger partial charge in [0.1, 0.15) is 11.9 Å². The second-order valence-electron chi connectivity index (χ2n) is 6.01. The molecule has 1 aliphatic heterocycles. The van der Waals surface area contributed by atoms with Gasteiger partial charge in [0.05, 0.1) is 11.2 Å². The van der Waals surface area contributed by atoms with Crippen molar-refractivity contribution in [3.63, 3.8) is 0 Å². The van der Waals surface area contributed by atoms with Crippen molar-refractivity contribution in [3.05, 3.63) is 23.4 Å². The Morgan fingerprint density at radius 1 is 1.30 bits per heavy atom. The first-order valence-electron chi connectivity index (χ1n) is 6.96. The third kappa shape index (κ3) is 3.69. The van der Waals surface area contributed by atoms with Crippen molar-refractivity contribution in [2.45, 2.75) is 26.4 Å². The van der Waals surface area contributed by atoms with Gasteiger partial charge >= 0.3 is 0 Å². The molecule has 5 heteroatoms. The van der Waals surface area contributed by atoms with Crippen LogP contribution in [0.3, 0.4) is 0 Å². The summed E-state index contributed by atoms with van der Waals surface area (Å²) in [6, 6.07) is 5.91. The zero-order valence-electron chi connectivity index (χ0n) is 12.4. The molecule has 0 radical (unpaired) electrons. The van der Waals surface area contributed by atoms with Crippen LogP contribution in [0.5, 0.6) is 0 Å². The summed E-state index contributed by atoms with van der Waals surface area (Å²) in [5.74, 6) is 0.787. The number of pyridine rings is 1. The molecular formula is C15H22N4O. The SMILES string of the molecule is Cc1ccc(C#N)c(N2CCN(CC(C)(C)O)CC2)n1. The molecule has 0 aromatic carbocycles. The topological polar surface area (TPSA) is 63.4 Å². The number of hydrogen-bond acceptors (Lipinski definition) is 5. The number of hydrogen-bond donors (Lipinski definition) is 1. The normalized spacial score (nSPS) is 17.1. The minimum absolute atomic E-state index is 0.631. The molecule has 1 fully saturated rings. The lowest BCUT2D eigenvalue weighted by molar-refractivity contribution is 0.0344. The predicted molar refractivity (Wildman–Crippen MR) is 78.6 cm³/mol. The van der Waals surface area contributed by atoms with E-state index in [9.17, 15) is 10.4 Å². The number of nitrogens with zero attached hydrogens (tertiary/aromatic N) is 4. The number of β-amino-alcohol motifs (C(OH)–C–C–N with tert-alkyl or cyclic N) is 1. The van der Waals surface area contributed by atoms with Crippen LogP contribution in [0.2, 0.25) is 0 Å². The van der Waals surface area contributed by atoms with Crippen LogP contribution in [0, 0.1) is 18.3 Å². The summed E-state index contributed by atoms with van der Waals surface area (Å²) in [4.78, 5) is 8.91. The van der Waals surface area contributed by atoms with Crippen molar-refractivity contribution in [2.75, 3.05) is 37.6 Å². The molecule has 108 valence electrons. The molecule has 2 rings (SSSR count). The fourth-order valence-electron chi connectivity index (χ4n) is 2.54. The Morgan fingerprint density at radius 3 is 2.50 bits per heavy atom. The van der Waals surface area contributed by atoms with Gasteiger partial charge in [-0.15, -0.1) is 0 Å². The highest BCUT2D eigenvalue weighted by atomic mass is 16.3. The molecule has 1 aromatic rings. The van der Waals surface area contributed by atoms with Gasteiger partial charge in [-0.3, -0.25) is 4.90 Å². The smallest absolute Gasteiger partial charge is 0.146 e. The number of nitriles is 1. The molecule has 1 aliphatic rings. The zero-order chi connectivity index (χ0) is 14.8. The maximum atomic E-state index is 9.86. The Kier molecular flexibility index (Phi) is 4.26. The number of anilines is 1. The van der Waals surface area contributed by atoms with Crippen molar-refractivity contribution in [2.24, 2.45) is 0 Å². The van der Waals surface area contributed by atoms with Gasteiger partial charge in [0.25, 0.3) is 0 Å². The van der Waals surface area contributed by atoms with Gasteiger partial charge in [-0.05, 0) is 32.9 Å². The number of aryl methyl sites for hydroxylation is 1. The van der Waals surface area contributed by atoms with E-state index in [-0.39, 0.29) is 0 Å². The van der Waals surface area contributed by atoms with E-state index in [0.29, 0.717) is 12.1 Å². The van der Waals surface area contributed by atoms with E-state index < -0.39 is 5.60 Å². The van der Waals surface area contributed by atoms with E-state index in [0.717, 1.165) is 37.7 Å². The Hall–Kier alpha value is -1.64. The lowest BCUT2D eigenvalue weighted by atomic mass is 10.1. The largest absolute Gasteiger partial charge is 0.389 e. The molecule has 0 saturated carbocycles. The summed E-state index contributed by atoms with van der Waals surface area (Å²) in [6.07, 6.45) is 0. The van der Waals surface area contributed by atoms with Crippen molar-refractivity contribution in [3.8, 4) is 6.07 Å². The second-order valence-corrected chi connectivity index (χ2v) is 6.01. The second kappa shape index (κ2) is 5.78. The molecule has 0 unspecified atom stereocenters. The van der Waals surface area contributed by atoms with Gasteiger partial charge in [0, 0.05) is 38.4 Å². The summed E-state index contributed by atoms with van der Waals surface area (Å²) >= 11 is 0. The molecule has 2 heterocycles. The first kappa shape index (κ1) is 14.8. The van der Waals surface area contributed by atoms with Crippen LogP contribution in [0.25, 0.3) is 0 Å². The Balaban J connectivity index is 2.04. The number of rotatable bonds is 3. The first-order chi connectivity index (χ1) is 9.39. The molecule has 0 atom stereocenters. The molecule has 1 aromatic heterocycles. The van der Waals surface area contributed by atoms with Crippen LogP contribution in [-0.2, 0) is 0 Å².